The second-order valence-electron chi connectivity index (χ2n) is 4.28. The topological polar surface area (TPSA) is 3.24 Å². The lowest BCUT2D eigenvalue weighted by molar-refractivity contribution is 0.155. The molecule has 0 fully saturated rings. The highest BCUT2D eigenvalue weighted by atomic mass is 15.2. The number of rotatable bonds is 4. The zero-order valence-corrected chi connectivity index (χ0v) is 8.89. The van der Waals surface area contributed by atoms with Gasteiger partial charge in [-0.3, -0.25) is 4.90 Å². The van der Waals surface area contributed by atoms with Gasteiger partial charge in [0, 0.05) is 18.6 Å². The SMILES string of the molecule is B.CC(C)CN(C(C)C)C(C)C. The number of hydrogen-bond acceptors (Lipinski definition) is 1. The van der Waals surface area contributed by atoms with Crippen molar-refractivity contribution in [3.63, 3.8) is 0 Å². The molecule has 0 atom stereocenters. The molecule has 0 saturated heterocycles. The first-order chi connectivity index (χ1) is 4.95. The van der Waals surface area contributed by atoms with Crippen LogP contribution in [0, 0.1) is 5.92 Å². The van der Waals surface area contributed by atoms with Gasteiger partial charge in [-0.05, 0) is 33.6 Å². The second kappa shape index (κ2) is 6.53. The molecule has 0 heterocycles. The van der Waals surface area contributed by atoms with Crippen LogP contribution in [0.15, 0.2) is 0 Å². The Labute approximate surface area is 80.1 Å². The lowest BCUT2D eigenvalue weighted by Gasteiger charge is -2.31. The third-order valence-corrected chi connectivity index (χ3v) is 1.90. The monoisotopic (exact) mass is 171 g/mol. The first-order valence-electron chi connectivity index (χ1n) is 4.70. The third-order valence-electron chi connectivity index (χ3n) is 1.90. The van der Waals surface area contributed by atoms with E-state index >= 15 is 0 Å². The smallest absolute Gasteiger partial charge is 0.0814 e. The van der Waals surface area contributed by atoms with E-state index < -0.39 is 0 Å². The Morgan fingerprint density at radius 2 is 1.17 bits per heavy atom. The van der Waals surface area contributed by atoms with Crippen molar-refractivity contribution in [3.8, 4) is 0 Å². The summed E-state index contributed by atoms with van der Waals surface area (Å²) in [6.07, 6.45) is 0. The largest absolute Gasteiger partial charge is 0.298 e. The highest BCUT2D eigenvalue weighted by Gasteiger charge is 2.13. The average molecular weight is 171 g/mol. The van der Waals surface area contributed by atoms with E-state index in [-0.39, 0.29) is 8.41 Å². The standard InChI is InChI=1S/C10H23N.BH3/c1-8(2)7-11(9(3)4)10(5)6;/h8-10H,7H2,1-6H3;1H3. The van der Waals surface area contributed by atoms with Crippen molar-refractivity contribution in [2.75, 3.05) is 6.54 Å². The fourth-order valence-corrected chi connectivity index (χ4v) is 1.44. The van der Waals surface area contributed by atoms with Crippen LogP contribution < -0.4 is 0 Å². The first-order valence-corrected chi connectivity index (χ1v) is 4.70. The van der Waals surface area contributed by atoms with E-state index in [1.807, 2.05) is 0 Å². The molecule has 0 spiro atoms. The van der Waals surface area contributed by atoms with Gasteiger partial charge in [0.15, 0.2) is 0 Å². The van der Waals surface area contributed by atoms with Crippen LogP contribution in [-0.2, 0) is 0 Å². The summed E-state index contributed by atoms with van der Waals surface area (Å²) >= 11 is 0. The summed E-state index contributed by atoms with van der Waals surface area (Å²) in [5, 5.41) is 0. The normalized spacial score (nSPS) is 11.5. The minimum atomic E-state index is 0. The molecular weight excluding hydrogens is 145 g/mol. The molecule has 0 bridgehead atoms. The molecule has 0 aliphatic heterocycles. The van der Waals surface area contributed by atoms with Gasteiger partial charge in [-0.25, -0.2) is 0 Å². The molecule has 1 nitrogen and oxygen atoms in total. The number of hydrogen-bond donors (Lipinski definition) is 0. The van der Waals surface area contributed by atoms with Gasteiger partial charge in [0.1, 0.15) is 0 Å². The van der Waals surface area contributed by atoms with Crippen molar-refractivity contribution in [2.45, 2.75) is 53.6 Å². The molecule has 0 N–H and O–H groups in total. The van der Waals surface area contributed by atoms with Crippen molar-refractivity contribution in [2.24, 2.45) is 5.92 Å². The van der Waals surface area contributed by atoms with Crippen LogP contribution in [0.2, 0.25) is 0 Å². The molecule has 2 heteroatoms. The molecular formula is C10H26BN. The van der Waals surface area contributed by atoms with E-state index in [0.29, 0.717) is 12.1 Å². The van der Waals surface area contributed by atoms with Crippen molar-refractivity contribution < 1.29 is 0 Å². The van der Waals surface area contributed by atoms with E-state index in [0.717, 1.165) is 5.92 Å². The lowest BCUT2D eigenvalue weighted by Crippen LogP contribution is -2.39. The molecule has 0 aromatic carbocycles. The Kier molecular flexibility index (Phi) is 7.92. The van der Waals surface area contributed by atoms with Gasteiger partial charge in [0.25, 0.3) is 0 Å². The van der Waals surface area contributed by atoms with Crippen LogP contribution >= 0.6 is 0 Å². The van der Waals surface area contributed by atoms with E-state index in [1.165, 1.54) is 6.54 Å². The molecule has 0 saturated carbocycles. The maximum absolute atomic E-state index is 2.53. The minimum absolute atomic E-state index is 0. The Balaban J connectivity index is 0. The molecule has 0 amide bonds. The van der Waals surface area contributed by atoms with E-state index in [4.69, 9.17) is 0 Å². The Morgan fingerprint density at radius 3 is 1.25 bits per heavy atom. The fourth-order valence-electron chi connectivity index (χ4n) is 1.44. The molecule has 0 radical (unpaired) electrons. The second-order valence-corrected chi connectivity index (χ2v) is 4.28. The van der Waals surface area contributed by atoms with Crippen molar-refractivity contribution in [1.82, 2.24) is 4.90 Å². The Morgan fingerprint density at radius 1 is 0.833 bits per heavy atom. The van der Waals surface area contributed by atoms with Crippen molar-refractivity contribution in [1.29, 1.82) is 0 Å². The van der Waals surface area contributed by atoms with Crippen LogP contribution in [0.3, 0.4) is 0 Å². The average Bonchev–Trinajstić information content (AvgIpc) is 1.81. The molecule has 74 valence electrons. The highest BCUT2D eigenvalue weighted by molar-refractivity contribution is 5.75. The van der Waals surface area contributed by atoms with Gasteiger partial charge in [0.05, 0.1) is 8.41 Å². The summed E-state index contributed by atoms with van der Waals surface area (Å²) in [5.41, 5.74) is 0. The summed E-state index contributed by atoms with van der Waals surface area (Å²) in [7, 11) is 0. The van der Waals surface area contributed by atoms with Crippen LogP contribution in [0.25, 0.3) is 0 Å². The molecule has 0 aliphatic rings. The van der Waals surface area contributed by atoms with Crippen LogP contribution in [0.1, 0.15) is 41.5 Å². The molecule has 0 aliphatic carbocycles. The minimum Gasteiger partial charge on any atom is -0.298 e. The maximum Gasteiger partial charge on any atom is 0.0814 e. The van der Waals surface area contributed by atoms with E-state index in [1.54, 1.807) is 0 Å². The number of nitrogens with zero attached hydrogens (tertiary/aromatic N) is 1. The predicted molar refractivity (Wildman–Crippen MR) is 61.8 cm³/mol. The van der Waals surface area contributed by atoms with Crippen molar-refractivity contribution >= 4 is 8.41 Å². The first kappa shape index (κ1) is 14.5. The Hall–Kier alpha value is 0.0249. The fraction of sp³-hybridized carbons (Fsp3) is 1.00. The highest BCUT2D eigenvalue weighted by Crippen LogP contribution is 2.08. The van der Waals surface area contributed by atoms with E-state index in [9.17, 15) is 0 Å². The van der Waals surface area contributed by atoms with Crippen LogP contribution in [-0.4, -0.2) is 31.9 Å². The molecule has 0 rings (SSSR count). The molecule has 0 unspecified atom stereocenters. The molecule has 0 aromatic rings. The summed E-state index contributed by atoms with van der Waals surface area (Å²) in [4.78, 5) is 2.53. The summed E-state index contributed by atoms with van der Waals surface area (Å²) in [6, 6.07) is 1.36. The van der Waals surface area contributed by atoms with Gasteiger partial charge in [-0.2, -0.15) is 0 Å². The van der Waals surface area contributed by atoms with Gasteiger partial charge in [-0.1, -0.05) is 13.8 Å². The lowest BCUT2D eigenvalue weighted by atomic mass is 10.1. The van der Waals surface area contributed by atoms with Crippen LogP contribution in [0.5, 0.6) is 0 Å². The van der Waals surface area contributed by atoms with Gasteiger partial charge in [-0.15, -0.1) is 0 Å². The van der Waals surface area contributed by atoms with Gasteiger partial charge >= 0.3 is 0 Å². The molecule has 12 heavy (non-hydrogen) atoms. The van der Waals surface area contributed by atoms with Gasteiger partial charge in [0.2, 0.25) is 0 Å². The summed E-state index contributed by atoms with van der Waals surface area (Å²) < 4.78 is 0. The summed E-state index contributed by atoms with van der Waals surface area (Å²) in [6.45, 7) is 14.8. The van der Waals surface area contributed by atoms with Gasteiger partial charge < -0.3 is 0 Å². The zero-order chi connectivity index (χ0) is 9.02. The van der Waals surface area contributed by atoms with Crippen molar-refractivity contribution in [3.05, 3.63) is 0 Å². The maximum atomic E-state index is 2.53. The zero-order valence-electron chi connectivity index (χ0n) is 8.89. The summed E-state index contributed by atoms with van der Waals surface area (Å²) in [5.74, 6) is 0.778. The quantitative estimate of drug-likeness (QED) is 0.580. The molecule has 0 aromatic heterocycles. The Bertz CT molecular complexity index is 92.0. The predicted octanol–water partition coefficient (Wildman–Crippen LogP) is 1.58. The van der Waals surface area contributed by atoms with E-state index in [2.05, 4.69) is 46.4 Å². The van der Waals surface area contributed by atoms with Crippen LogP contribution in [0.4, 0.5) is 0 Å². The third kappa shape index (κ3) is 5.65.